The highest BCUT2D eigenvalue weighted by Gasteiger charge is 2.29. The summed E-state index contributed by atoms with van der Waals surface area (Å²) in [6.45, 7) is 1.78. The summed E-state index contributed by atoms with van der Waals surface area (Å²) in [4.78, 5) is 37.9. The molecule has 0 atom stereocenters. The fourth-order valence-electron chi connectivity index (χ4n) is 2.36. The van der Waals surface area contributed by atoms with Crippen molar-refractivity contribution >= 4 is 23.3 Å². The van der Waals surface area contributed by atoms with Crippen LogP contribution in [-0.4, -0.2) is 22.6 Å². The molecule has 2 amide bonds. The molecule has 0 bridgehead atoms. The number of Topliss-reactive ketones (excluding diaryl/α,β-unsaturated/α-hetero) is 1. The molecule has 0 saturated heterocycles. The number of hydrogen-bond donors (Lipinski definition) is 3. The molecule has 0 radical (unpaired) electrons. The SMILES string of the molecule is CC(=O)c1c[nH]c(C(=O)NCc2cccc(NC(=O)C3CC3)c2)c1. The normalized spacial score (nSPS) is 13.4. The third-order valence-electron chi connectivity index (χ3n) is 3.93. The van der Waals surface area contributed by atoms with Crippen molar-refractivity contribution in [3.63, 3.8) is 0 Å². The quantitative estimate of drug-likeness (QED) is 0.713. The van der Waals surface area contributed by atoms with Crippen LogP contribution in [-0.2, 0) is 11.3 Å². The van der Waals surface area contributed by atoms with Gasteiger partial charge in [0, 0.05) is 29.9 Å². The lowest BCUT2D eigenvalue weighted by atomic mass is 10.2. The second-order valence-electron chi connectivity index (χ2n) is 6.00. The summed E-state index contributed by atoms with van der Waals surface area (Å²) in [6, 6.07) is 8.92. The molecule has 1 aliphatic rings. The highest BCUT2D eigenvalue weighted by atomic mass is 16.2. The number of benzene rings is 1. The van der Waals surface area contributed by atoms with Crippen molar-refractivity contribution in [3.8, 4) is 0 Å². The van der Waals surface area contributed by atoms with Crippen molar-refractivity contribution in [3.05, 3.63) is 53.3 Å². The lowest BCUT2D eigenvalue weighted by Crippen LogP contribution is -2.23. The first-order chi connectivity index (χ1) is 11.5. The summed E-state index contributed by atoms with van der Waals surface area (Å²) in [5, 5.41) is 5.67. The van der Waals surface area contributed by atoms with Crippen LogP contribution in [0, 0.1) is 5.92 Å². The van der Waals surface area contributed by atoms with E-state index in [1.807, 2.05) is 24.3 Å². The summed E-state index contributed by atoms with van der Waals surface area (Å²) in [7, 11) is 0. The minimum atomic E-state index is -0.282. The highest BCUT2D eigenvalue weighted by Crippen LogP contribution is 2.30. The van der Waals surface area contributed by atoms with Gasteiger partial charge in [0.15, 0.2) is 5.78 Å². The fourth-order valence-corrected chi connectivity index (χ4v) is 2.36. The van der Waals surface area contributed by atoms with Gasteiger partial charge >= 0.3 is 0 Å². The Kier molecular flexibility index (Phi) is 4.46. The maximum absolute atomic E-state index is 12.1. The van der Waals surface area contributed by atoms with Crippen LogP contribution in [0.15, 0.2) is 36.5 Å². The fraction of sp³-hybridized carbons (Fsp3) is 0.278. The maximum Gasteiger partial charge on any atom is 0.267 e. The topological polar surface area (TPSA) is 91.1 Å². The van der Waals surface area contributed by atoms with Crippen molar-refractivity contribution < 1.29 is 14.4 Å². The number of rotatable bonds is 6. The number of nitrogens with one attached hydrogen (secondary N) is 3. The van der Waals surface area contributed by atoms with Crippen LogP contribution >= 0.6 is 0 Å². The molecule has 0 spiro atoms. The second kappa shape index (κ2) is 6.70. The third kappa shape index (κ3) is 3.90. The van der Waals surface area contributed by atoms with Gasteiger partial charge in [0.05, 0.1) is 0 Å². The van der Waals surface area contributed by atoms with Crippen LogP contribution in [0.3, 0.4) is 0 Å². The van der Waals surface area contributed by atoms with Crippen LogP contribution in [0.4, 0.5) is 5.69 Å². The summed E-state index contributed by atoms with van der Waals surface area (Å²) in [6.07, 6.45) is 3.44. The Morgan fingerprint density at radius 2 is 2.00 bits per heavy atom. The molecule has 1 heterocycles. The molecule has 24 heavy (non-hydrogen) atoms. The summed E-state index contributed by atoms with van der Waals surface area (Å²) >= 11 is 0. The molecule has 124 valence electrons. The smallest absolute Gasteiger partial charge is 0.267 e. The molecule has 1 aromatic carbocycles. The largest absolute Gasteiger partial charge is 0.356 e. The third-order valence-corrected chi connectivity index (χ3v) is 3.93. The molecule has 3 N–H and O–H groups in total. The van der Waals surface area contributed by atoms with Gasteiger partial charge in [-0.05, 0) is 43.5 Å². The van der Waals surface area contributed by atoms with Crippen LogP contribution in [0.25, 0.3) is 0 Å². The Balaban J connectivity index is 1.58. The first-order valence-electron chi connectivity index (χ1n) is 7.90. The van der Waals surface area contributed by atoms with Crippen molar-refractivity contribution in [1.29, 1.82) is 0 Å². The van der Waals surface area contributed by atoms with Gasteiger partial charge in [-0.25, -0.2) is 0 Å². The van der Waals surface area contributed by atoms with Gasteiger partial charge in [0.1, 0.15) is 5.69 Å². The molecule has 1 saturated carbocycles. The van der Waals surface area contributed by atoms with E-state index in [4.69, 9.17) is 0 Å². The number of hydrogen-bond acceptors (Lipinski definition) is 3. The summed E-state index contributed by atoms with van der Waals surface area (Å²) in [5.74, 6) is -0.171. The first-order valence-corrected chi connectivity index (χ1v) is 7.90. The summed E-state index contributed by atoms with van der Waals surface area (Å²) in [5.41, 5.74) is 2.44. The molecule has 6 heteroatoms. The maximum atomic E-state index is 12.1. The van der Waals surface area contributed by atoms with Crippen LogP contribution in [0.5, 0.6) is 0 Å². The minimum Gasteiger partial charge on any atom is -0.356 e. The van der Waals surface area contributed by atoms with Crippen LogP contribution < -0.4 is 10.6 Å². The van der Waals surface area contributed by atoms with E-state index in [9.17, 15) is 14.4 Å². The Bertz CT molecular complexity index is 790. The van der Waals surface area contributed by atoms with Crippen molar-refractivity contribution in [2.75, 3.05) is 5.32 Å². The molecule has 1 aromatic heterocycles. The Morgan fingerprint density at radius 3 is 2.67 bits per heavy atom. The Morgan fingerprint density at radius 1 is 1.21 bits per heavy atom. The molecule has 1 aliphatic carbocycles. The molecule has 0 aliphatic heterocycles. The van der Waals surface area contributed by atoms with Gasteiger partial charge in [-0.3, -0.25) is 14.4 Å². The number of carbonyl (C=O) groups excluding carboxylic acids is 3. The number of carbonyl (C=O) groups is 3. The molecule has 0 unspecified atom stereocenters. The average Bonchev–Trinajstić information content (AvgIpc) is 3.29. The van der Waals surface area contributed by atoms with Crippen molar-refractivity contribution in [1.82, 2.24) is 10.3 Å². The number of anilines is 1. The zero-order valence-corrected chi connectivity index (χ0v) is 13.4. The monoisotopic (exact) mass is 325 g/mol. The zero-order chi connectivity index (χ0) is 17.1. The molecule has 2 aromatic rings. The van der Waals surface area contributed by atoms with E-state index in [1.165, 1.54) is 19.2 Å². The number of H-pyrrole nitrogens is 1. The minimum absolute atomic E-state index is 0.0549. The van der Waals surface area contributed by atoms with E-state index < -0.39 is 0 Å². The van der Waals surface area contributed by atoms with E-state index >= 15 is 0 Å². The van der Waals surface area contributed by atoms with E-state index in [0.29, 0.717) is 17.8 Å². The zero-order valence-electron chi connectivity index (χ0n) is 13.4. The lowest BCUT2D eigenvalue weighted by molar-refractivity contribution is -0.117. The van der Waals surface area contributed by atoms with E-state index in [1.54, 1.807) is 0 Å². The first kappa shape index (κ1) is 16.0. The number of aromatic nitrogens is 1. The van der Waals surface area contributed by atoms with Crippen LogP contribution in [0.2, 0.25) is 0 Å². The number of aromatic amines is 1. The average molecular weight is 325 g/mol. The number of ketones is 1. The standard InChI is InChI=1S/C18H19N3O3/c1-11(22)14-8-16(19-10-14)18(24)20-9-12-3-2-4-15(7-12)21-17(23)13-5-6-13/h2-4,7-8,10,13,19H,5-6,9H2,1H3,(H,20,24)(H,21,23). The molecule has 6 nitrogen and oxygen atoms in total. The van der Waals surface area contributed by atoms with E-state index in [0.717, 1.165) is 24.1 Å². The Hall–Kier alpha value is -2.89. The van der Waals surface area contributed by atoms with E-state index in [-0.39, 0.29) is 23.5 Å². The molecule has 3 rings (SSSR count). The van der Waals surface area contributed by atoms with Crippen molar-refractivity contribution in [2.24, 2.45) is 5.92 Å². The lowest BCUT2D eigenvalue weighted by Gasteiger charge is -2.08. The second-order valence-corrected chi connectivity index (χ2v) is 6.00. The van der Waals surface area contributed by atoms with Gasteiger partial charge in [0.25, 0.3) is 5.91 Å². The predicted molar refractivity (Wildman–Crippen MR) is 89.8 cm³/mol. The summed E-state index contributed by atoms with van der Waals surface area (Å²) < 4.78 is 0. The van der Waals surface area contributed by atoms with Gasteiger partial charge in [0.2, 0.25) is 5.91 Å². The van der Waals surface area contributed by atoms with Gasteiger partial charge in [-0.2, -0.15) is 0 Å². The van der Waals surface area contributed by atoms with Gasteiger partial charge in [-0.15, -0.1) is 0 Å². The van der Waals surface area contributed by atoms with Crippen molar-refractivity contribution in [2.45, 2.75) is 26.3 Å². The Labute approximate surface area is 139 Å². The predicted octanol–water partition coefficient (Wildman–Crippen LogP) is 2.50. The molecule has 1 fully saturated rings. The van der Waals surface area contributed by atoms with E-state index in [2.05, 4.69) is 15.6 Å². The van der Waals surface area contributed by atoms with Gasteiger partial charge < -0.3 is 15.6 Å². The van der Waals surface area contributed by atoms with Gasteiger partial charge in [-0.1, -0.05) is 12.1 Å². The molecular weight excluding hydrogens is 306 g/mol. The highest BCUT2D eigenvalue weighted by molar-refractivity contribution is 5.99. The molecular formula is C18H19N3O3. The van der Waals surface area contributed by atoms with Crippen LogP contribution in [0.1, 0.15) is 46.2 Å². The number of amides is 2.